The molecule has 0 saturated heterocycles. The minimum Gasteiger partial charge on any atom is -0.496 e. The van der Waals surface area contributed by atoms with Crippen molar-refractivity contribution >= 4 is 5.91 Å². The third-order valence-electron chi connectivity index (χ3n) is 3.39. The molecule has 0 aliphatic rings. The fraction of sp³-hybridized carbons (Fsp3) is 0.438. The average Bonchev–Trinajstić information content (AvgIpc) is 2.99. The number of nitrogens with zero attached hydrogens (tertiary/aromatic N) is 2. The molecule has 2 N–H and O–H groups in total. The Hall–Kier alpha value is -2.41. The first-order chi connectivity index (χ1) is 11.2. The van der Waals surface area contributed by atoms with Gasteiger partial charge < -0.3 is 19.9 Å². The van der Waals surface area contributed by atoms with Crippen molar-refractivity contribution in [2.75, 3.05) is 20.7 Å². The molecule has 7 nitrogen and oxygen atoms in total. The number of hydrogen-bond acceptors (Lipinski definition) is 6. The first kappa shape index (κ1) is 17.0. The first-order valence-electron chi connectivity index (χ1n) is 7.52. The van der Waals surface area contributed by atoms with Crippen LogP contribution in [0.4, 0.5) is 0 Å². The number of aryl methyl sites for hydroxylation is 1. The van der Waals surface area contributed by atoms with Gasteiger partial charge in [0.2, 0.25) is 11.8 Å². The van der Waals surface area contributed by atoms with Crippen LogP contribution in [-0.4, -0.2) is 36.8 Å². The third kappa shape index (κ3) is 4.53. The van der Waals surface area contributed by atoms with Gasteiger partial charge in [0.25, 0.3) is 0 Å². The largest absolute Gasteiger partial charge is 0.496 e. The predicted octanol–water partition coefficient (Wildman–Crippen LogP) is 1.59. The van der Waals surface area contributed by atoms with E-state index in [4.69, 9.17) is 9.26 Å². The molecule has 0 fully saturated rings. The zero-order valence-corrected chi connectivity index (χ0v) is 13.6. The molecule has 1 heterocycles. The van der Waals surface area contributed by atoms with Crippen molar-refractivity contribution in [1.82, 2.24) is 20.8 Å². The lowest BCUT2D eigenvalue weighted by Crippen LogP contribution is -2.30. The number of amides is 1. The van der Waals surface area contributed by atoms with Crippen molar-refractivity contribution in [3.05, 3.63) is 41.5 Å². The number of aromatic nitrogens is 2. The molecule has 7 heteroatoms. The van der Waals surface area contributed by atoms with Crippen molar-refractivity contribution in [3.63, 3.8) is 0 Å². The van der Waals surface area contributed by atoms with Gasteiger partial charge in [0.05, 0.1) is 7.11 Å². The molecule has 1 atom stereocenters. The number of methoxy groups -OCH3 is 1. The van der Waals surface area contributed by atoms with Crippen LogP contribution in [0.15, 0.2) is 28.8 Å². The average molecular weight is 318 g/mol. The van der Waals surface area contributed by atoms with Crippen molar-refractivity contribution in [1.29, 1.82) is 0 Å². The van der Waals surface area contributed by atoms with E-state index in [1.165, 1.54) is 0 Å². The maximum Gasteiger partial charge on any atom is 0.223 e. The number of rotatable bonds is 8. The second-order valence-corrected chi connectivity index (χ2v) is 5.12. The highest BCUT2D eigenvalue weighted by molar-refractivity contribution is 5.77. The van der Waals surface area contributed by atoms with E-state index in [1.54, 1.807) is 14.0 Å². The topological polar surface area (TPSA) is 89.3 Å². The second kappa shape index (κ2) is 8.28. The number of nitrogens with one attached hydrogen (secondary N) is 2. The second-order valence-electron chi connectivity index (χ2n) is 5.12. The number of benzene rings is 1. The lowest BCUT2D eigenvalue weighted by Gasteiger charge is -2.18. The van der Waals surface area contributed by atoms with Crippen molar-refractivity contribution in [2.24, 2.45) is 0 Å². The molecule has 0 radical (unpaired) electrons. The highest BCUT2D eigenvalue weighted by atomic mass is 16.5. The summed E-state index contributed by atoms with van der Waals surface area (Å²) in [5.41, 5.74) is 0.790. The van der Waals surface area contributed by atoms with E-state index in [9.17, 15) is 4.79 Å². The van der Waals surface area contributed by atoms with Gasteiger partial charge in [-0.05, 0) is 26.1 Å². The molecule has 2 rings (SSSR count). The van der Waals surface area contributed by atoms with Crippen LogP contribution < -0.4 is 15.4 Å². The normalized spacial score (nSPS) is 12.0. The smallest absolute Gasteiger partial charge is 0.223 e. The standard InChI is InChI=1S/C16H22N4O3/c1-11-18-16(20-23-11)15(19-14(21)9-6-10-17-2)12-7-4-5-8-13(12)22-3/h4-5,7-8,15,17H,6,9-10H2,1-3H3,(H,19,21). The van der Waals surface area contributed by atoms with Crippen LogP contribution in [0.3, 0.4) is 0 Å². The molecule has 1 unspecified atom stereocenters. The summed E-state index contributed by atoms with van der Waals surface area (Å²) in [6.45, 7) is 2.50. The Bertz CT molecular complexity index is 642. The van der Waals surface area contributed by atoms with Crippen LogP contribution in [0.1, 0.15) is 36.2 Å². The Morgan fingerprint density at radius 3 is 2.83 bits per heavy atom. The minimum absolute atomic E-state index is 0.0707. The van der Waals surface area contributed by atoms with Gasteiger partial charge in [-0.1, -0.05) is 23.4 Å². The summed E-state index contributed by atoms with van der Waals surface area (Å²) < 4.78 is 10.4. The van der Waals surface area contributed by atoms with Gasteiger partial charge in [0, 0.05) is 18.9 Å². The molecule has 124 valence electrons. The van der Waals surface area contributed by atoms with E-state index in [2.05, 4.69) is 20.8 Å². The Kier molecular flexibility index (Phi) is 6.10. The van der Waals surface area contributed by atoms with Crippen molar-refractivity contribution < 1.29 is 14.1 Å². The van der Waals surface area contributed by atoms with Gasteiger partial charge in [-0.15, -0.1) is 0 Å². The van der Waals surface area contributed by atoms with E-state index in [0.29, 0.717) is 23.9 Å². The molecular formula is C16H22N4O3. The Morgan fingerprint density at radius 1 is 1.39 bits per heavy atom. The molecule has 0 aliphatic heterocycles. The van der Waals surface area contributed by atoms with Crippen LogP contribution in [0.5, 0.6) is 5.75 Å². The van der Waals surface area contributed by atoms with Gasteiger partial charge in [-0.2, -0.15) is 4.98 Å². The van der Waals surface area contributed by atoms with E-state index < -0.39 is 6.04 Å². The molecule has 23 heavy (non-hydrogen) atoms. The number of hydrogen-bond donors (Lipinski definition) is 2. The lowest BCUT2D eigenvalue weighted by atomic mass is 10.0. The fourth-order valence-corrected chi connectivity index (χ4v) is 2.28. The van der Waals surface area contributed by atoms with Gasteiger partial charge >= 0.3 is 0 Å². The minimum atomic E-state index is -0.509. The molecule has 2 aromatic rings. The summed E-state index contributed by atoms with van der Waals surface area (Å²) in [4.78, 5) is 16.5. The zero-order chi connectivity index (χ0) is 16.7. The molecule has 0 aliphatic carbocycles. The van der Waals surface area contributed by atoms with E-state index in [1.807, 2.05) is 31.3 Å². The molecule has 1 aromatic heterocycles. The van der Waals surface area contributed by atoms with E-state index in [0.717, 1.165) is 18.5 Å². The predicted molar refractivity (Wildman–Crippen MR) is 85.2 cm³/mol. The maximum atomic E-state index is 12.2. The first-order valence-corrected chi connectivity index (χ1v) is 7.52. The number of carbonyl (C=O) groups is 1. The van der Waals surface area contributed by atoms with Gasteiger partial charge in [0.1, 0.15) is 11.8 Å². The van der Waals surface area contributed by atoms with Gasteiger partial charge in [-0.25, -0.2) is 0 Å². The van der Waals surface area contributed by atoms with Crippen LogP contribution in [-0.2, 0) is 4.79 Å². The van der Waals surface area contributed by atoms with Crippen LogP contribution in [0, 0.1) is 6.92 Å². The monoisotopic (exact) mass is 318 g/mol. The van der Waals surface area contributed by atoms with Gasteiger partial charge in [0.15, 0.2) is 5.82 Å². The third-order valence-corrected chi connectivity index (χ3v) is 3.39. The van der Waals surface area contributed by atoms with Crippen molar-refractivity contribution in [3.8, 4) is 5.75 Å². The summed E-state index contributed by atoms with van der Waals surface area (Å²) in [7, 11) is 3.45. The molecular weight excluding hydrogens is 296 g/mol. The molecule has 0 saturated carbocycles. The van der Waals surface area contributed by atoms with Crippen molar-refractivity contribution in [2.45, 2.75) is 25.8 Å². The summed E-state index contributed by atoms with van der Waals surface area (Å²) in [5.74, 6) is 1.45. The molecule has 1 aromatic carbocycles. The van der Waals surface area contributed by atoms with Crippen LogP contribution >= 0.6 is 0 Å². The number of ether oxygens (including phenoxy) is 1. The van der Waals surface area contributed by atoms with Crippen LogP contribution in [0.2, 0.25) is 0 Å². The maximum absolute atomic E-state index is 12.2. The Balaban J connectivity index is 2.24. The zero-order valence-electron chi connectivity index (χ0n) is 13.6. The molecule has 1 amide bonds. The quantitative estimate of drug-likeness (QED) is 0.719. The summed E-state index contributed by atoms with van der Waals surface area (Å²) >= 11 is 0. The Labute approximate surface area is 135 Å². The number of carbonyl (C=O) groups excluding carboxylic acids is 1. The Morgan fingerprint density at radius 2 is 2.17 bits per heavy atom. The van der Waals surface area contributed by atoms with Crippen LogP contribution in [0.25, 0.3) is 0 Å². The van der Waals surface area contributed by atoms with E-state index >= 15 is 0 Å². The summed E-state index contributed by atoms with van der Waals surface area (Å²) in [5, 5.41) is 9.94. The lowest BCUT2D eigenvalue weighted by molar-refractivity contribution is -0.121. The number of para-hydroxylation sites is 1. The SMILES string of the molecule is CNCCCC(=O)NC(c1noc(C)n1)c1ccccc1OC. The highest BCUT2D eigenvalue weighted by Gasteiger charge is 2.24. The summed E-state index contributed by atoms with van der Waals surface area (Å²) in [6, 6.07) is 6.96. The fourth-order valence-electron chi connectivity index (χ4n) is 2.28. The summed E-state index contributed by atoms with van der Waals surface area (Å²) in [6.07, 6.45) is 1.18. The highest BCUT2D eigenvalue weighted by Crippen LogP contribution is 2.28. The molecule has 0 bridgehead atoms. The van der Waals surface area contributed by atoms with E-state index in [-0.39, 0.29) is 5.91 Å². The van der Waals surface area contributed by atoms with Gasteiger partial charge in [-0.3, -0.25) is 4.79 Å². The molecule has 0 spiro atoms.